The van der Waals surface area contributed by atoms with Crippen molar-refractivity contribution in [3.8, 4) is 11.5 Å². The molecule has 7 heteroatoms. The fourth-order valence-corrected chi connectivity index (χ4v) is 3.46. The van der Waals surface area contributed by atoms with Gasteiger partial charge in [0, 0.05) is 0 Å². The second kappa shape index (κ2) is 10.2. The molecule has 0 aromatic heterocycles. The zero-order valence-electron chi connectivity index (χ0n) is 16.2. The third-order valence-corrected chi connectivity index (χ3v) is 4.86. The highest BCUT2D eigenvalue weighted by Crippen LogP contribution is 2.31. The normalized spacial score (nSPS) is 20.6. The van der Waals surface area contributed by atoms with Gasteiger partial charge in [0.2, 0.25) is 5.91 Å². The lowest BCUT2D eigenvalue weighted by Crippen LogP contribution is -2.35. The van der Waals surface area contributed by atoms with Crippen molar-refractivity contribution in [1.82, 2.24) is 5.32 Å². The van der Waals surface area contributed by atoms with Crippen LogP contribution in [0.15, 0.2) is 18.2 Å². The number of rotatable bonds is 9. The maximum absolute atomic E-state index is 12.3. The minimum absolute atomic E-state index is 0.0687. The Morgan fingerprint density at radius 3 is 2.59 bits per heavy atom. The van der Waals surface area contributed by atoms with E-state index >= 15 is 0 Å². The molecule has 0 saturated heterocycles. The van der Waals surface area contributed by atoms with Crippen LogP contribution in [-0.2, 0) is 14.3 Å². The Balaban J connectivity index is 2.01. The highest BCUT2D eigenvalue weighted by atomic mass is 16.5. The molecular weight excluding hydrogens is 350 g/mol. The Bertz CT molecular complexity index is 647. The van der Waals surface area contributed by atoms with E-state index in [4.69, 9.17) is 14.2 Å². The molecule has 7 nitrogen and oxygen atoms in total. The first-order valence-corrected chi connectivity index (χ1v) is 9.27. The van der Waals surface area contributed by atoms with E-state index in [0.717, 1.165) is 19.3 Å². The highest BCUT2D eigenvalue weighted by molar-refractivity contribution is 5.79. The number of carbonyl (C=O) groups excluding carboxylic acids is 1. The quantitative estimate of drug-likeness (QED) is 0.685. The van der Waals surface area contributed by atoms with Gasteiger partial charge in [-0.05, 0) is 36.5 Å². The van der Waals surface area contributed by atoms with Crippen molar-refractivity contribution in [1.29, 1.82) is 0 Å². The molecule has 1 aromatic carbocycles. The molecule has 0 aliphatic heterocycles. The third-order valence-electron chi connectivity index (χ3n) is 4.86. The lowest BCUT2D eigenvalue weighted by atomic mass is 9.89. The van der Waals surface area contributed by atoms with Gasteiger partial charge >= 0.3 is 5.97 Å². The largest absolute Gasteiger partial charge is 0.493 e. The molecule has 1 aliphatic rings. The van der Waals surface area contributed by atoms with Crippen molar-refractivity contribution in [2.24, 2.45) is 5.92 Å². The van der Waals surface area contributed by atoms with Gasteiger partial charge in [-0.15, -0.1) is 0 Å². The Morgan fingerprint density at radius 2 is 1.96 bits per heavy atom. The van der Waals surface area contributed by atoms with Gasteiger partial charge in [-0.2, -0.15) is 0 Å². The second-order valence-corrected chi connectivity index (χ2v) is 7.04. The van der Waals surface area contributed by atoms with Crippen LogP contribution >= 0.6 is 0 Å². The molecular formula is C20H29NO6. The number of nitrogens with one attached hydrogen (secondary N) is 1. The average Bonchev–Trinajstić information content (AvgIpc) is 2.65. The van der Waals surface area contributed by atoms with Crippen LogP contribution in [0.25, 0.3) is 0 Å². The predicted molar refractivity (Wildman–Crippen MR) is 100 cm³/mol. The van der Waals surface area contributed by atoms with Gasteiger partial charge in [0.1, 0.15) is 6.61 Å². The summed E-state index contributed by atoms with van der Waals surface area (Å²) in [4.78, 5) is 23.6. The Hall–Kier alpha value is -2.28. The van der Waals surface area contributed by atoms with Crippen LogP contribution in [-0.4, -0.2) is 43.9 Å². The molecule has 2 N–H and O–H groups in total. The molecule has 1 amide bonds. The first kappa shape index (κ1) is 21.0. The molecule has 0 unspecified atom stereocenters. The summed E-state index contributed by atoms with van der Waals surface area (Å²) < 4.78 is 16.2. The van der Waals surface area contributed by atoms with Crippen molar-refractivity contribution in [2.75, 3.05) is 20.8 Å². The standard InChI is InChI=1S/C20H29NO6/c1-13-5-4-6-15(9-13)27-12-19(22)21-16(11-20(23)24)14-7-8-17(25-2)18(10-14)26-3/h7-8,10,13,15-16H,4-6,9,11-12H2,1-3H3,(H,21,22)(H,23,24)/t13-,15+,16-/m0/s1. The first-order valence-electron chi connectivity index (χ1n) is 9.27. The molecule has 1 aromatic rings. The Kier molecular flexibility index (Phi) is 7.91. The average molecular weight is 379 g/mol. The number of hydrogen-bond donors (Lipinski definition) is 2. The monoisotopic (exact) mass is 379 g/mol. The van der Waals surface area contributed by atoms with Crippen molar-refractivity contribution < 1.29 is 28.9 Å². The fourth-order valence-electron chi connectivity index (χ4n) is 3.46. The molecule has 150 valence electrons. The van der Waals surface area contributed by atoms with Gasteiger partial charge < -0.3 is 24.6 Å². The van der Waals surface area contributed by atoms with E-state index in [1.54, 1.807) is 18.2 Å². The van der Waals surface area contributed by atoms with Gasteiger partial charge in [0.05, 0.1) is 32.8 Å². The summed E-state index contributed by atoms with van der Waals surface area (Å²) in [6.45, 7) is 2.12. The summed E-state index contributed by atoms with van der Waals surface area (Å²) in [5.41, 5.74) is 0.634. The van der Waals surface area contributed by atoms with Crippen LogP contribution in [0.5, 0.6) is 11.5 Å². The van der Waals surface area contributed by atoms with Gasteiger partial charge in [-0.1, -0.05) is 25.8 Å². The lowest BCUT2D eigenvalue weighted by Gasteiger charge is -2.27. The van der Waals surface area contributed by atoms with Crippen molar-refractivity contribution >= 4 is 11.9 Å². The number of benzene rings is 1. The first-order chi connectivity index (χ1) is 12.9. The Labute approximate surface area is 160 Å². The minimum atomic E-state index is -1.00. The third kappa shape index (κ3) is 6.43. The summed E-state index contributed by atoms with van der Waals surface area (Å²) in [5, 5.41) is 12.0. The summed E-state index contributed by atoms with van der Waals surface area (Å²) in [5.74, 6) is 0.299. The number of carbonyl (C=O) groups is 2. The molecule has 0 spiro atoms. The van der Waals surface area contributed by atoms with E-state index in [9.17, 15) is 14.7 Å². The molecule has 3 atom stereocenters. The lowest BCUT2D eigenvalue weighted by molar-refractivity contribution is -0.138. The number of hydrogen-bond acceptors (Lipinski definition) is 5. The zero-order valence-corrected chi connectivity index (χ0v) is 16.2. The van der Waals surface area contributed by atoms with Gasteiger partial charge in [0.25, 0.3) is 0 Å². The van der Waals surface area contributed by atoms with E-state index in [-0.39, 0.29) is 25.0 Å². The van der Waals surface area contributed by atoms with E-state index in [1.807, 2.05) is 0 Å². The van der Waals surface area contributed by atoms with Gasteiger partial charge in [-0.3, -0.25) is 9.59 Å². The summed E-state index contributed by atoms with van der Waals surface area (Å²) in [6, 6.07) is 4.41. The van der Waals surface area contributed by atoms with Gasteiger partial charge in [-0.25, -0.2) is 0 Å². The van der Waals surface area contributed by atoms with Crippen molar-refractivity contribution in [3.05, 3.63) is 23.8 Å². The number of methoxy groups -OCH3 is 2. The van der Waals surface area contributed by atoms with Crippen LogP contribution in [0.2, 0.25) is 0 Å². The van der Waals surface area contributed by atoms with Crippen LogP contribution < -0.4 is 14.8 Å². The molecule has 1 aliphatic carbocycles. The molecule has 0 radical (unpaired) electrons. The van der Waals surface area contributed by atoms with Crippen molar-refractivity contribution in [2.45, 2.75) is 51.2 Å². The molecule has 1 saturated carbocycles. The number of ether oxygens (including phenoxy) is 3. The summed E-state index contributed by atoms with van der Waals surface area (Å²) in [7, 11) is 3.03. The summed E-state index contributed by atoms with van der Waals surface area (Å²) >= 11 is 0. The van der Waals surface area contributed by atoms with E-state index in [1.165, 1.54) is 20.6 Å². The highest BCUT2D eigenvalue weighted by Gasteiger charge is 2.23. The van der Waals surface area contributed by atoms with E-state index in [0.29, 0.717) is 23.0 Å². The second-order valence-electron chi connectivity index (χ2n) is 7.04. The summed E-state index contributed by atoms with van der Waals surface area (Å²) in [6.07, 6.45) is 4.10. The van der Waals surface area contributed by atoms with E-state index < -0.39 is 12.0 Å². The Morgan fingerprint density at radius 1 is 1.22 bits per heavy atom. The minimum Gasteiger partial charge on any atom is -0.493 e. The molecule has 0 heterocycles. The maximum atomic E-state index is 12.3. The number of carboxylic acid groups (broad SMARTS) is 1. The molecule has 1 fully saturated rings. The van der Waals surface area contributed by atoms with Crippen LogP contribution in [0.1, 0.15) is 50.6 Å². The zero-order chi connectivity index (χ0) is 19.8. The SMILES string of the molecule is COc1ccc([C@H](CC(=O)O)NC(=O)CO[C@@H]2CCC[C@H](C)C2)cc1OC. The van der Waals surface area contributed by atoms with Crippen LogP contribution in [0.3, 0.4) is 0 Å². The van der Waals surface area contributed by atoms with Crippen LogP contribution in [0.4, 0.5) is 0 Å². The predicted octanol–water partition coefficient (Wildman–Crippen LogP) is 2.93. The number of amides is 1. The number of carboxylic acids is 1. The fraction of sp³-hybridized carbons (Fsp3) is 0.600. The van der Waals surface area contributed by atoms with E-state index in [2.05, 4.69) is 12.2 Å². The smallest absolute Gasteiger partial charge is 0.305 e. The van der Waals surface area contributed by atoms with Crippen LogP contribution in [0, 0.1) is 5.92 Å². The molecule has 2 rings (SSSR count). The van der Waals surface area contributed by atoms with Crippen molar-refractivity contribution in [3.63, 3.8) is 0 Å². The maximum Gasteiger partial charge on any atom is 0.305 e. The molecule has 0 bridgehead atoms. The number of aliphatic carboxylic acids is 1. The molecule has 27 heavy (non-hydrogen) atoms. The van der Waals surface area contributed by atoms with Gasteiger partial charge in [0.15, 0.2) is 11.5 Å². The topological polar surface area (TPSA) is 94.1 Å².